The molecule has 3 heterocycles. The van der Waals surface area contributed by atoms with Gasteiger partial charge in [0.05, 0.1) is 12.3 Å². The smallest absolute Gasteiger partial charge is 0.237 e. The number of sulfonamides is 1. The first-order chi connectivity index (χ1) is 9.04. The Kier molecular flexibility index (Phi) is 4.94. The Morgan fingerprint density at radius 3 is 2.60 bits per heavy atom. The lowest BCUT2D eigenvalue weighted by atomic mass is 10.1. The van der Waals surface area contributed by atoms with Crippen LogP contribution in [0.2, 0.25) is 0 Å². The quantitative estimate of drug-likeness (QED) is 0.764. The molecule has 0 spiro atoms. The maximum absolute atomic E-state index is 12.3. The van der Waals surface area contributed by atoms with Crippen LogP contribution in [-0.4, -0.2) is 67.5 Å². The van der Waals surface area contributed by atoms with Gasteiger partial charge in [-0.2, -0.15) is 4.31 Å². The molecule has 0 saturated carbocycles. The fourth-order valence-electron chi connectivity index (χ4n) is 3.29. The van der Waals surface area contributed by atoms with Gasteiger partial charge >= 0.3 is 0 Å². The zero-order valence-electron chi connectivity index (χ0n) is 11.5. The summed E-state index contributed by atoms with van der Waals surface area (Å²) in [6.07, 6.45) is 3.94. The highest BCUT2D eigenvalue weighted by Gasteiger charge is 2.34. The predicted molar refractivity (Wildman–Crippen MR) is 78.4 cm³/mol. The van der Waals surface area contributed by atoms with E-state index in [0.717, 1.165) is 25.9 Å². The number of carbonyl (C=O) groups is 1. The van der Waals surface area contributed by atoms with Gasteiger partial charge in [0.1, 0.15) is 0 Å². The van der Waals surface area contributed by atoms with Crippen molar-refractivity contribution >= 4 is 28.3 Å². The Balaban J connectivity index is 0.00000147. The fraction of sp³-hybridized carbons (Fsp3) is 0.917. The number of amides is 1. The van der Waals surface area contributed by atoms with Crippen molar-refractivity contribution in [1.29, 1.82) is 0 Å². The molecule has 0 aromatic rings. The number of hydrogen-bond donors (Lipinski definition) is 1. The molecule has 8 heteroatoms. The number of rotatable bonds is 2. The zero-order chi connectivity index (χ0) is 13.5. The standard InChI is InChI=1S/C12H21N3O3S.ClH/c16-12(9-15-5-1-7-19(15,17)18)14-6-4-10-2-3-11(8-14)13-10;/h10-11,13H,1-9H2;1H. The fourth-order valence-corrected chi connectivity index (χ4v) is 4.76. The summed E-state index contributed by atoms with van der Waals surface area (Å²) in [5.41, 5.74) is 0. The number of halogens is 1. The Morgan fingerprint density at radius 2 is 1.90 bits per heavy atom. The first kappa shape index (κ1) is 16.0. The molecule has 20 heavy (non-hydrogen) atoms. The van der Waals surface area contributed by atoms with Gasteiger partial charge in [-0.25, -0.2) is 8.42 Å². The van der Waals surface area contributed by atoms with Crippen molar-refractivity contribution < 1.29 is 13.2 Å². The van der Waals surface area contributed by atoms with E-state index in [2.05, 4.69) is 5.32 Å². The van der Waals surface area contributed by atoms with Crippen LogP contribution in [-0.2, 0) is 14.8 Å². The molecule has 3 rings (SSSR count). The number of fused-ring (bicyclic) bond motifs is 2. The highest BCUT2D eigenvalue weighted by atomic mass is 35.5. The largest absolute Gasteiger partial charge is 0.340 e. The molecular weight excluding hydrogens is 302 g/mol. The Morgan fingerprint density at radius 1 is 1.15 bits per heavy atom. The summed E-state index contributed by atoms with van der Waals surface area (Å²) in [7, 11) is -3.17. The van der Waals surface area contributed by atoms with Gasteiger partial charge in [-0.05, 0) is 25.7 Å². The Bertz CT molecular complexity index is 471. The molecule has 0 aromatic carbocycles. The summed E-state index contributed by atoms with van der Waals surface area (Å²) in [4.78, 5) is 14.1. The number of nitrogens with one attached hydrogen (secondary N) is 1. The average Bonchev–Trinajstić information content (AvgIpc) is 2.82. The van der Waals surface area contributed by atoms with E-state index in [1.807, 2.05) is 4.90 Å². The van der Waals surface area contributed by atoms with Crippen molar-refractivity contribution in [3.8, 4) is 0 Å². The van der Waals surface area contributed by atoms with Gasteiger partial charge < -0.3 is 10.2 Å². The topological polar surface area (TPSA) is 69.7 Å². The second-order valence-electron chi connectivity index (χ2n) is 5.77. The van der Waals surface area contributed by atoms with Crippen molar-refractivity contribution in [2.75, 3.05) is 31.9 Å². The van der Waals surface area contributed by atoms with Crippen LogP contribution in [0.3, 0.4) is 0 Å². The molecule has 6 nitrogen and oxygen atoms in total. The van der Waals surface area contributed by atoms with Gasteiger partial charge in [0, 0.05) is 31.7 Å². The lowest BCUT2D eigenvalue weighted by Crippen LogP contribution is -2.44. The number of hydrogen-bond acceptors (Lipinski definition) is 4. The van der Waals surface area contributed by atoms with Crippen molar-refractivity contribution in [2.24, 2.45) is 0 Å². The summed E-state index contributed by atoms with van der Waals surface area (Å²) in [6.45, 7) is 2.00. The highest BCUT2D eigenvalue weighted by Crippen LogP contribution is 2.21. The van der Waals surface area contributed by atoms with Crippen molar-refractivity contribution in [1.82, 2.24) is 14.5 Å². The van der Waals surface area contributed by atoms with Crippen LogP contribution in [0.4, 0.5) is 0 Å². The molecule has 116 valence electrons. The molecule has 1 amide bonds. The van der Waals surface area contributed by atoms with Crippen LogP contribution >= 0.6 is 12.4 Å². The van der Waals surface area contributed by atoms with E-state index in [0.29, 0.717) is 25.0 Å². The first-order valence-electron chi connectivity index (χ1n) is 7.06. The number of likely N-dealkylation sites (tertiary alicyclic amines) is 1. The predicted octanol–water partition coefficient (Wildman–Crippen LogP) is -0.203. The normalized spacial score (nSPS) is 32.7. The van der Waals surface area contributed by atoms with Crippen molar-refractivity contribution in [3.05, 3.63) is 0 Å². The van der Waals surface area contributed by atoms with Crippen LogP contribution in [0, 0.1) is 0 Å². The monoisotopic (exact) mass is 323 g/mol. The third kappa shape index (κ3) is 3.27. The number of nitrogens with zero attached hydrogens (tertiary/aromatic N) is 2. The molecule has 0 aromatic heterocycles. The minimum absolute atomic E-state index is 0. The minimum atomic E-state index is -3.17. The van der Waals surface area contributed by atoms with Crippen LogP contribution in [0.15, 0.2) is 0 Å². The van der Waals surface area contributed by atoms with Gasteiger partial charge in [0.15, 0.2) is 0 Å². The van der Waals surface area contributed by atoms with Gasteiger partial charge in [-0.3, -0.25) is 4.79 Å². The van der Waals surface area contributed by atoms with Gasteiger partial charge in [-0.1, -0.05) is 0 Å². The molecule has 0 aliphatic carbocycles. The van der Waals surface area contributed by atoms with Gasteiger partial charge in [0.25, 0.3) is 0 Å². The van der Waals surface area contributed by atoms with Crippen molar-refractivity contribution in [2.45, 2.75) is 37.8 Å². The van der Waals surface area contributed by atoms with Gasteiger partial charge in [0.2, 0.25) is 15.9 Å². The van der Waals surface area contributed by atoms with E-state index < -0.39 is 10.0 Å². The van der Waals surface area contributed by atoms with Crippen LogP contribution < -0.4 is 5.32 Å². The second kappa shape index (κ2) is 6.17. The van der Waals surface area contributed by atoms with E-state index in [9.17, 15) is 13.2 Å². The van der Waals surface area contributed by atoms with Crippen LogP contribution in [0.1, 0.15) is 25.7 Å². The first-order valence-corrected chi connectivity index (χ1v) is 8.67. The Labute approximate surface area is 126 Å². The maximum Gasteiger partial charge on any atom is 0.237 e. The lowest BCUT2D eigenvalue weighted by molar-refractivity contribution is -0.131. The van der Waals surface area contributed by atoms with E-state index in [1.54, 1.807) is 0 Å². The molecule has 2 atom stereocenters. The minimum Gasteiger partial charge on any atom is -0.340 e. The second-order valence-corrected chi connectivity index (χ2v) is 7.86. The molecule has 1 N–H and O–H groups in total. The maximum atomic E-state index is 12.3. The van der Waals surface area contributed by atoms with Crippen LogP contribution in [0.25, 0.3) is 0 Å². The molecule has 3 saturated heterocycles. The average molecular weight is 324 g/mol. The third-order valence-corrected chi connectivity index (χ3v) is 6.29. The SMILES string of the molecule is Cl.O=C(CN1CCCS1(=O)=O)N1CCC2CCC(C1)N2. The summed E-state index contributed by atoms with van der Waals surface area (Å²) >= 11 is 0. The molecule has 3 fully saturated rings. The molecule has 2 unspecified atom stereocenters. The molecule has 3 aliphatic rings. The zero-order valence-corrected chi connectivity index (χ0v) is 13.1. The van der Waals surface area contributed by atoms with Crippen molar-refractivity contribution in [3.63, 3.8) is 0 Å². The summed E-state index contributed by atoms with van der Waals surface area (Å²) in [5.74, 6) is 0.145. The molecule has 2 bridgehead atoms. The van der Waals surface area contributed by atoms with Gasteiger partial charge in [-0.15, -0.1) is 12.4 Å². The van der Waals surface area contributed by atoms with E-state index in [4.69, 9.17) is 0 Å². The summed E-state index contributed by atoms with van der Waals surface area (Å²) in [6, 6.07) is 0.935. The Hall–Kier alpha value is -0.370. The molecule has 0 radical (unpaired) electrons. The highest BCUT2D eigenvalue weighted by molar-refractivity contribution is 7.89. The van der Waals surface area contributed by atoms with E-state index in [1.165, 1.54) is 10.7 Å². The van der Waals surface area contributed by atoms with E-state index in [-0.39, 0.29) is 30.6 Å². The van der Waals surface area contributed by atoms with Crippen LogP contribution in [0.5, 0.6) is 0 Å². The molecular formula is C12H22ClN3O3S. The van der Waals surface area contributed by atoms with E-state index >= 15 is 0 Å². The summed E-state index contributed by atoms with van der Waals surface area (Å²) < 4.78 is 24.8. The summed E-state index contributed by atoms with van der Waals surface area (Å²) in [5, 5.41) is 3.52. The molecule has 3 aliphatic heterocycles. The number of carbonyl (C=O) groups excluding carboxylic acids is 1. The lowest BCUT2D eigenvalue weighted by Gasteiger charge is -2.26. The third-order valence-electron chi connectivity index (χ3n) is 4.39.